The maximum absolute atomic E-state index is 14.6. The van der Waals surface area contributed by atoms with E-state index in [1.54, 1.807) is 13.8 Å². The number of carboxylic acid groups (broad SMARTS) is 1. The molecule has 0 spiro atoms. The molecule has 194 valence electrons. The maximum Gasteiger partial charge on any atom is 0.410 e. The lowest BCUT2D eigenvalue weighted by Gasteiger charge is -2.30. The third kappa shape index (κ3) is 6.29. The van der Waals surface area contributed by atoms with Gasteiger partial charge < -0.3 is 19.9 Å². The fraction of sp³-hybridized carbons (Fsp3) is 0.409. The molecule has 1 saturated heterocycles. The number of carbonyl (C=O) groups is 3. The Labute approximate surface area is 211 Å². The molecule has 0 saturated carbocycles. The normalized spacial score (nSPS) is 16.5. The highest BCUT2D eigenvalue weighted by atomic mass is 35.5. The minimum atomic E-state index is -1.20. The van der Waals surface area contributed by atoms with E-state index in [1.165, 1.54) is 12.4 Å². The molecule has 1 aliphatic heterocycles. The monoisotopic (exact) mass is 524 g/mol. The highest BCUT2D eigenvalue weighted by molar-refractivity contribution is 6.34. The standard InChI is InChI=1S/C22H26ClFN6O6/c1-11(2)27-20-25-7-12(8-26-20)18(31)28-29-19(32)14-5-16(24)17(6-15(14)23)35-9-13-10-36-22(3,4)30(13)21(33)34/h5-8,11,13H,9-10H2,1-4H3,(H,28,31)(H,29,32)(H,33,34)(H,25,26,27). The number of benzene rings is 1. The van der Waals surface area contributed by atoms with Crippen molar-refractivity contribution in [2.75, 3.05) is 18.5 Å². The lowest BCUT2D eigenvalue weighted by Crippen LogP contribution is -2.49. The third-order valence-corrected chi connectivity index (χ3v) is 5.41. The van der Waals surface area contributed by atoms with Crippen molar-refractivity contribution in [2.45, 2.75) is 45.5 Å². The van der Waals surface area contributed by atoms with E-state index in [2.05, 4.69) is 26.1 Å². The van der Waals surface area contributed by atoms with Crippen molar-refractivity contribution in [3.8, 4) is 5.75 Å². The van der Waals surface area contributed by atoms with Gasteiger partial charge in [-0.25, -0.2) is 19.2 Å². The topological polar surface area (TPSA) is 155 Å². The number of nitrogens with one attached hydrogen (secondary N) is 3. The Bertz CT molecular complexity index is 1150. The first-order chi connectivity index (χ1) is 16.9. The van der Waals surface area contributed by atoms with E-state index in [1.807, 2.05) is 13.8 Å². The summed E-state index contributed by atoms with van der Waals surface area (Å²) in [6.07, 6.45) is 1.35. The summed E-state index contributed by atoms with van der Waals surface area (Å²) in [7, 11) is 0. The molecule has 0 radical (unpaired) electrons. The molecule has 1 aliphatic rings. The van der Waals surface area contributed by atoms with Crippen LogP contribution in [0.15, 0.2) is 24.5 Å². The first-order valence-corrected chi connectivity index (χ1v) is 11.2. The van der Waals surface area contributed by atoms with Crippen LogP contribution in [0.5, 0.6) is 5.75 Å². The van der Waals surface area contributed by atoms with Gasteiger partial charge in [0.05, 0.1) is 28.8 Å². The molecule has 2 aromatic rings. The molecule has 1 aromatic heterocycles. The van der Waals surface area contributed by atoms with E-state index in [0.717, 1.165) is 17.0 Å². The molecule has 0 bridgehead atoms. The molecule has 12 nitrogen and oxygen atoms in total. The number of hydrogen-bond acceptors (Lipinski definition) is 8. The molecule has 3 amide bonds. The molecule has 1 atom stereocenters. The summed E-state index contributed by atoms with van der Waals surface area (Å²) in [5.74, 6) is -2.41. The second-order valence-corrected chi connectivity index (χ2v) is 9.05. The Balaban J connectivity index is 1.60. The third-order valence-electron chi connectivity index (χ3n) is 5.10. The Hall–Kier alpha value is -3.71. The van der Waals surface area contributed by atoms with Crippen LogP contribution < -0.4 is 20.9 Å². The van der Waals surface area contributed by atoms with E-state index in [-0.39, 0.29) is 41.2 Å². The zero-order valence-corrected chi connectivity index (χ0v) is 20.7. The Morgan fingerprint density at radius 2 is 1.89 bits per heavy atom. The Morgan fingerprint density at radius 1 is 1.25 bits per heavy atom. The van der Waals surface area contributed by atoms with E-state index < -0.39 is 35.5 Å². The van der Waals surface area contributed by atoms with E-state index in [0.29, 0.717) is 5.95 Å². The first kappa shape index (κ1) is 26.9. The van der Waals surface area contributed by atoms with Crippen molar-refractivity contribution in [1.82, 2.24) is 25.7 Å². The molecule has 36 heavy (non-hydrogen) atoms. The predicted molar refractivity (Wildman–Crippen MR) is 126 cm³/mol. The van der Waals surface area contributed by atoms with Crippen LogP contribution in [-0.2, 0) is 4.74 Å². The van der Waals surface area contributed by atoms with Crippen LogP contribution in [0.3, 0.4) is 0 Å². The van der Waals surface area contributed by atoms with Crippen LogP contribution >= 0.6 is 11.6 Å². The molecule has 2 heterocycles. The summed E-state index contributed by atoms with van der Waals surface area (Å²) in [6.45, 7) is 6.87. The summed E-state index contributed by atoms with van der Waals surface area (Å²) in [5.41, 5.74) is 3.10. The zero-order valence-electron chi connectivity index (χ0n) is 20.0. The smallest absolute Gasteiger partial charge is 0.410 e. The van der Waals surface area contributed by atoms with Gasteiger partial charge in [0, 0.05) is 24.5 Å². The number of ether oxygens (including phenoxy) is 2. The molecule has 14 heteroatoms. The van der Waals surface area contributed by atoms with Crippen LogP contribution in [0, 0.1) is 5.82 Å². The number of anilines is 1. The molecular formula is C22H26ClFN6O6. The number of halogens is 2. The van der Waals surface area contributed by atoms with Crippen LogP contribution in [0.2, 0.25) is 5.02 Å². The Morgan fingerprint density at radius 3 is 2.50 bits per heavy atom. The fourth-order valence-corrected chi connectivity index (χ4v) is 3.66. The van der Waals surface area contributed by atoms with Gasteiger partial charge >= 0.3 is 6.09 Å². The molecule has 1 aromatic carbocycles. The largest absolute Gasteiger partial charge is 0.488 e. The first-order valence-electron chi connectivity index (χ1n) is 10.9. The number of hydrazine groups is 1. The lowest BCUT2D eigenvalue weighted by atomic mass is 10.2. The summed E-state index contributed by atoms with van der Waals surface area (Å²) < 4.78 is 25.5. The number of amides is 3. The number of aromatic nitrogens is 2. The predicted octanol–water partition coefficient (Wildman–Crippen LogP) is 2.66. The molecule has 4 N–H and O–H groups in total. The Kier molecular flexibility index (Phi) is 8.15. The number of nitrogens with zero attached hydrogens (tertiary/aromatic N) is 3. The van der Waals surface area contributed by atoms with Crippen molar-refractivity contribution >= 4 is 35.5 Å². The van der Waals surface area contributed by atoms with Crippen LogP contribution in [0.25, 0.3) is 0 Å². The van der Waals surface area contributed by atoms with Gasteiger partial charge in [0.25, 0.3) is 11.8 Å². The van der Waals surface area contributed by atoms with E-state index >= 15 is 0 Å². The number of rotatable bonds is 7. The molecule has 3 rings (SSSR count). The zero-order chi connectivity index (χ0) is 26.6. The maximum atomic E-state index is 14.6. The van der Waals surface area contributed by atoms with Crippen molar-refractivity contribution < 1.29 is 33.4 Å². The van der Waals surface area contributed by atoms with Gasteiger partial charge in [-0.15, -0.1) is 0 Å². The van der Waals surface area contributed by atoms with Crippen molar-refractivity contribution in [3.05, 3.63) is 46.5 Å². The quantitative estimate of drug-likeness (QED) is 0.400. The number of hydrogen-bond donors (Lipinski definition) is 4. The van der Waals surface area contributed by atoms with Gasteiger partial charge in [0.15, 0.2) is 11.6 Å². The van der Waals surface area contributed by atoms with Gasteiger partial charge in [-0.2, -0.15) is 0 Å². The van der Waals surface area contributed by atoms with E-state index in [9.17, 15) is 23.9 Å². The SMILES string of the molecule is CC(C)Nc1ncc(C(=O)NNC(=O)c2cc(F)c(OCC3COC(C)(C)N3C(=O)O)cc2Cl)cn1. The molecular weight excluding hydrogens is 499 g/mol. The molecule has 1 unspecified atom stereocenters. The van der Waals surface area contributed by atoms with E-state index in [4.69, 9.17) is 21.1 Å². The minimum Gasteiger partial charge on any atom is -0.488 e. The van der Waals surface area contributed by atoms with Crippen LogP contribution in [0.4, 0.5) is 15.1 Å². The van der Waals surface area contributed by atoms with Crippen molar-refractivity contribution in [2.24, 2.45) is 0 Å². The second-order valence-electron chi connectivity index (χ2n) is 8.64. The fourth-order valence-electron chi connectivity index (χ4n) is 3.42. The molecule has 1 fully saturated rings. The van der Waals surface area contributed by atoms with Gasteiger partial charge in [0.2, 0.25) is 5.95 Å². The summed E-state index contributed by atoms with van der Waals surface area (Å²) >= 11 is 6.13. The summed E-state index contributed by atoms with van der Waals surface area (Å²) in [6, 6.07) is 1.37. The van der Waals surface area contributed by atoms with Gasteiger partial charge in [-0.3, -0.25) is 25.3 Å². The highest BCUT2D eigenvalue weighted by Crippen LogP contribution is 2.30. The minimum absolute atomic E-state index is 0.0663. The lowest BCUT2D eigenvalue weighted by molar-refractivity contribution is -0.0430. The van der Waals surface area contributed by atoms with Crippen LogP contribution in [-0.4, -0.2) is 68.9 Å². The summed E-state index contributed by atoms with van der Waals surface area (Å²) in [5, 5.41) is 12.3. The number of carbonyl (C=O) groups excluding carboxylic acids is 2. The average Bonchev–Trinajstić information content (AvgIpc) is 3.11. The summed E-state index contributed by atoms with van der Waals surface area (Å²) in [4.78, 5) is 45.3. The van der Waals surface area contributed by atoms with Gasteiger partial charge in [-0.05, 0) is 33.8 Å². The van der Waals surface area contributed by atoms with Crippen molar-refractivity contribution in [3.63, 3.8) is 0 Å². The second kappa shape index (κ2) is 10.9. The van der Waals surface area contributed by atoms with Gasteiger partial charge in [0.1, 0.15) is 12.3 Å². The van der Waals surface area contributed by atoms with Gasteiger partial charge in [-0.1, -0.05) is 11.6 Å². The van der Waals surface area contributed by atoms with Crippen LogP contribution in [0.1, 0.15) is 48.4 Å². The highest BCUT2D eigenvalue weighted by Gasteiger charge is 2.44. The average molecular weight is 525 g/mol. The molecule has 0 aliphatic carbocycles. The van der Waals surface area contributed by atoms with Crippen molar-refractivity contribution in [1.29, 1.82) is 0 Å².